The fraction of sp³-hybridized carbons (Fsp3) is 0.188. The molecule has 0 spiro atoms. The highest BCUT2D eigenvalue weighted by molar-refractivity contribution is 5.91. The number of para-hydroxylation sites is 1. The summed E-state index contributed by atoms with van der Waals surface area (Å²) in [7, 11) is 0. The Hall–Kier alpha value is -2.29. The molecule has 0 radical (unpaired) electrons. The Balaban J connectivity index is 2.47. The van der Waals surface area contributed by atoms with E-state index in [0.29, 0.717) is 5.56 Å². The summed E-state index contributed by atoms with van der Waals surface area (Å²) in [6, 6.07) is 12.8. The van der Waals surface area contributed by atoms with Crippen molar-refractivity contribution in [3.8, 4) is 5.75 Å². The second-order valence-electron chi connectivity index (χ2n) is 4.68. The fourth-order valence-corrected chi connectivity index (χ4v) is 2.20. The molecular weight excluding hydrogens is 240 g/mol. The highest BCUT2D eigenvalue weighted by Crippen LogP contribution is 2.33. The number of carboxylic acid groups (broad SMARTS) is 1. The number of aromatic carboxylic acids is 1. The minimum atomic E-state index is -1.12. The van der Waals surface area contributed by atoms with Crippen LogP contribution in [0.5, 0.6) is 5.75 Å². The normalized spacial score (nSPS) is 12.1. The molecule has 0 aromatic heterocycles. The third-order valence-electron chi connectivity index (χ3n) is 3.31. The molecule has 0 bridgehead atoms. The maximum Gasteiger partial charge on any atom is 0.339 e. The number of hydrogen-bond donors (Lipinski definition) is 2. The molecule has 0 saturated heterocycles. The van der Waals surface area contributed by atoms with Crippen molar-refractivity contribution in [3.63, 3.8) is 0 Å². The smallest absolute Gasteiger partial charge is 0.339 e. The average molecular weight is 256 g/mol. The topological polar surface area (TPSA) is 57.5 Å². The lowest BCUT2D eigenvalue weighted by Crippen LogP contribution is -2.02. The van der Waals surface area contributed by atoms with E-state index in [-0.39, 0.29) is 17.2 Å². The summed E-state index contributed by atoms with van der Waals surface area (Å²) in [5.41, 5.74) is 2.76. The third-order valence-corrected chi connectivity index (χ3v) is 3.31. The van der Waals surface area contributed by atoms with Gasteiger partial charge in [-0.1, -0.05) is 48.9 Å². The second kappa shape index (κ2) is 5.14. The fourth-order valence-electron chi connectivity index (χ4n) is 2.20. The van der Waals surface area contributed by atoms with Crippen molar-refractivity contribution >= 4 is 5.97 Å². The summed E-state index contributed by atoms with van der Waals surface area (Å²) >= 11 is 0. The van der Waals surface area contributed by atoms with Crippen LogP contribution in [0, 0.1) is 6.92 Å². The van der Waals surface area contributed by atoms with Gasteiger partial charge in [-0.3, -0.25) is 0 Å². The minimum absolute atomic E-state index is 0.0563. The van der Waals surface area contributed by atoms with Gasteiger partial charge < -0.3 is 10.2 Å². The van der Waals surface area contributed by atoms with E-state index in [0.717, 1.165) is 11.1 Å². The van der Waals surface area contributed by atoms with Gasteiger partial charge in [-0.15, -0.1) is 0 Å². The maximum absolute atomic E-state index is 11.0. The van der Waals surface area contributed by atoms with Crippen molar-refractivity contribution in [1.82, 2.24) is 0 Å². The molecule has 0 fully saturated rings. The molecule has 2 aromatic rings. The van der Waals surface area contributed by atoms with Crippen LogP contribution >= 0.6 is 0 Å². The molecule has 0 aliphatic carbocycles. The molecule has 0 heterocycles. The molecule has 19 heavy (non-hydrogen) atoms. The monoisotopic (exact) mass is 256 g/mol. The summed E-state index contributed by atoms with van der Waals surface area (Å²) in [5.74, 6) is -1.32. The molecule has 0 saturated carbocycles. The van der Waals surface area contributed by atoms with E-state index in [1.165, 1.54) is 6.07 Å². The van der Waals surface area contributed by atoms with Crippen LogP contribution in [0.4, 0.5) is 0 Å². The van der Waals surface area contributed by atoms with Gasteiger partial charge in [0.15, 0.2) is 0 Å². The number of carbonyl (C=O) groups is 1. The number of carboxylic acids is 1. The molecule has 0 aliphatic rings. The van der Waals surface area contributed by atoms with Crippen molar-refractivity contribution in [1.29, 1.82) is 0 Å². The van der Waals surface area contributed by atoms with Gasteiger partial charge in [0.25, 0.3) is 0 Å². The first-order valence-electron chi connectivity index (χ1n) is 6.12. The molecule has 2 aromatic carbocycles. The Morgan fingerprint density at radius 3 is 2.47 bits per heavy atom. The number of phenols is 1. The highest BCUT2D eigenvalue weighted by atomic mass is 16.4. The van der Waals surface area contributed by atoms with Crippen molar-refractivity contribution in [2.75, 3.05) is 0 Å². The van der Waals surface area contributed by atoms with Crippen LogP contribution in [0.15, 0.2) is 42.5 Å². The van der Waals surface area contributed by atoms with Gasteiger partial charge in [0, 0.05) is 11.5 Å². The number of hydrogen-bond acceptors (Lipinski definition) is 2. The van der Waals surface area contributed by atoms with Crippen molar-refractivity contribution < 1.29 is 15.0 Å². The summed E-state index contributed by atoms with van der Waals surface area (Å²) in [5, 5.41) is 19.1. The number of aromatic hydroxyl groups is 1. The lowest BCUT2D eigenvalue weighted by atomic mass is 9.90. The van der Waals surface area contributed by atoms with E-state index in [1.54, 1.807) is 12.1 Å². The van der Waals surface area contributed by atoms with Gasteiger partial charge in [-0.05, 0) is 18.6 Å². The summed E-state index contributed by atoms with van der Waals surface area (Å²) in [4.78, 5) is 11.0. The summed E-state index contributed by atoms with van der Waals surface area (Å²) in [6.07, 6.45) is 0. The number of benzene rings is 2. The van der Waals surface area contributed by atoms with Gasteiger partial charge in [0.1, 0.15) is 11.3 Å². The van der Waals surface area contributed by atoms with Gasteiger partial charge in [0.2, 0.25) is 0 Å². The quantitative estimate of drug-likeness (QED) is 0.882. The lowest BCUT2D eigenvalue weighted by Gasteiger charge is -2.15. The summed E-state index contributed by atoms with van der Waals surface area (Å²) in [6.45, 7) is 3.96. The molecule has 2 rings (SSSR count). The Morgan fingerprint density at radius 2 is 1.84 bits per heavy atom. The van der Waals surface area contributed by atoms with Gasteiger partial charge in [-0.2, -0.15) is 0 Å². The molecule has 0 aliphatic heterocycles. The first kappa shape index (κ1) is 13.1. The van der Waals surface area contributed by atoms with E-state index in [2.05, 4.69) is 0 Å². The van der Waals surface area contributed by atoms with Crippen LogP contribution in [0.3, 0.4) is 0 Å². The highest BCUT2D eigenvalue weighted by Gasteiger charge is 2.18. The lowest BCUT2D eigenvalue weighted by molar-refractivity contribution is 0.0693. The maximum atomic E-state index is 11.0. The van der Waals surface area contributed by atoms with E-state index in [1.807, 2.05) is 38.1 Å². The van der Waals surface area contributed by atoms with Crippen LogP contribution in [-0.2, 0) is 0 Å². The molecule has 2 N–H and O–H groups in total. The van der Waals surface area contributed by atoms with Gasteiger partial charge in [-0.25, -0.2) is 4.79 Å². The van der Waals surface area contributed by atoms with E-state index in [4.69, 9.17) is 5.11 Å². The zero-order chi connectivity index (χ0) is 14.0. The van der Waals surface area contributed by atoms with Gasteiger partial charge in [0.05, 0.1) is 0 Å². The van der Waals surface area contributed by atoms with E-state index >= 15 is 0 Å². The predicted molar refractivity (Wildman–Crippen MR) is 73.8 cm³/mol. The zero-order valence-electron chi connectivity index (χ0n) is 10.9. The zero-order valence-corrected chi connectivity index (χ0v) is 10.9. The molecular formula is C16H16O3. The van der Waals surface area contributed by atoms with Crippen LogP contribution in [0.25, 0.3) is 0 Å². The summed E-state index contributed by atoms with van der Waals surface area (Å²) < 4.78 is 0. The van der Waals surface area contributed by atoms with E-state index < -0.39 is 5.97 Å². The Kier molecular flexibility index (Phi) is 3.56. The standard InChI is InChI=1S/C16H16O3/c1-10-5-3-6-12(9-10)11(2)13-7-4-8-14(15(13)17)16(18)19/h3-9,11,17H,1-2H3,(H,18,19). The van der Waals surface area contributed by atoms with Crippen LogP contribution in [0.1, 0.15) is 39.9 Å². The van der Waals surface area contributed by atoms with E-state index in [9.17, 15) is 9.90 Å². The third kappa shape index (κ3) is 2.60. The molecule has 3 heteroatoms. The van der Waals surface area contributed by atoms with Crippen molar-refractivity contribution in [2.24, 2.45) is 0 Å². The minimum Gasteiger partial charge on any atom is -0.507 e. The Bertz CT molecular complexity index is 617. The van der Waals surface area contributed by atoms with Crippen molar-refractivity contribution in [3.05, 3.63) is 64.7 Å². The largest absolute Gasteiger partial charge is 0.507 e. The average Bonchev–Trinajstić information content (AvgIpc) is 2.38. The van der Waals surface area contributed by atoms with Crippen LogP contribution < -0.4 is 0 Å². The number of rotatable bonds is 3. The first-order chi connectivity index (χ1) is 9.00. The molecule has 3 nitrogen and oxygen atoms in total. The SMILES string of the molecule is Cc1cccc(C(C)c2cccc(C(=O)O)c2O)c1. The molecule has 1 unspecified atom stereocenters. The predicted octanol–water partition coefficient (Wildman–Crippen LogP) is 3.55. The van der Waals surface area contributed by atoms with Crippen molar-refractivity contribution in [2.45, 2.75) is 19.8 Å². The van der Waals surface area contributed by atoms with Crippen LogP contribution in [-0.4, -0.2) is 16.2 Å². The number of aryl methyl sites for hydroxylation is 1. The van der Waals surface area contributed by atoms with Crippen LogP contribution in [0.2, 0.25) is 0 Å². The second-order valence-corrected chi connectivity index (χ2v) is 4.68. The molecule has 1 atom stereocenters. The molecule has 98 valence electrons. The first-order valence-corrected chi connectivity index (χ1v) is 6.12. The Labute approximate surface area is 112 Å². The van der Waals surface area contributed by atoms with Gasteiger partial charge >= 0.3 is 5.97 Å². The molecule has 0 amide bonds. The Morgan fingerprint density at radius 1 is 1.16 bits per heavy atom.